The van der Waals surface area contributed by atoms with Crippen molar-refractivity contribution >= 4 is 51.0 Å². The summed E-state index contributed by atoms with van der Waals surface area (Å²) in [6.45, 7) is 1.87. The lowest BCUT2D eigenvalue weighted by Crippen LogP contribution is -2.08. The molecule has 0 fully saturated rings. The summed E-state index contributed by atoms with van der Waals surface area (Å²) in [5.74, 6) is 0. The van der Waals surface area contributed by atoms with E-state index >= 15 is 0 Å². The third-order valence-electron chi connectivity index (χ3n) is 2.66. The highest BCUT2D eigenvalue weighted by Crippen LogP contribution is 2.33. The van der Waals surface area contributed by atoms with Gasteiger partial charge in [0.2, 0.25) is 5.24 Å². The molecule has 0 aliphatic carbocycles. The van der Waals surface area contributed by atoms with Gasteiger partial charge in [0.15, 0.2) is 0 Å². The van der Waals surface area contributed by atoms with Crippen LogP contribution in [0.3, 0.4) is 0 Å². The van der Waals surface area contributed by atoms with Crippen molar-refractivity contribution in [1.29, 1.82) is 0 Å². The zero-order chi connectivity index (χ0) is 15.4. The first-order valence-corrected chi connectivity index (χ1v) is 6.83. The van der Waals surface area contributed by atoms with Crippen LogP contribution in [0.15, 0.2) is 12.1 Å². The first-order valence-electron chi connectivity index (χ1n) is 5.64. The molecule has 108 valence electrons. The molecule has 1 rings (SSSR count). The van der Waals surface area contributed by atoms with E-state index in [4.69, 9.17) is 34.8 Å². The lowest BCUT2D eigenvalue weighted by Gasteiger charge is -2.12. The fraction of sp³-hybridized carbons (Fsp3) is 0.333. The molecule has 0 aliphatic rings. The number of hydrogen-bond acceptors (Lipinski definition) is 4. The standard InChI is InChI=1S/C12H10Cl3NO4/c1-2-3-6-4-8(11(14)17)9(16(19)20)5-7(6)10(13)12(15)18/h4-5,10H,2-3H2,1H3. The zero-order valence-corrected chi connectivity index (χ0v) is 12.6. The quantitative estimate of drug-likeness (QED) is 0.340. The first-order chi connectivity index (χ1) is 9.29. The van der Waals surface area contributed by atoms with Gasteiger partial charge in [-0.3, -0.25) is 19.7 Å². The molecule has 0 radical (unpaired) electrons. The summed E-state index contributed by atoms with van der Waals surface area (Å²) in [6.07, 6.45) is 1.18. The van der Waals surface area contributed by atoms with Crippen LogP contribution in [-0.4, -0.2) is 15.4 Å². The number of aryl methyl sites for hydroxylation is 1. The largest absolute Gasteiger partial charge is 0.281 e. The van der Waals surface area contributed by atoms with Gasteiger partial charge in [-0.05, 0) is 46.8 Å². The van der Waals surface area contributed by atoms with Crippen molar-refractivity contribution in [2.24, 2.45) is 0 Å². The van der Waals surface area contributed by atoms with Crippen LogP contribution in [0, 0.1) is 10.1 Å². The van der Waals surface area contributed by atoms with Crippen LogP contribution in [0.5, 0.6) is 0 Å². The molecule has 1 aromatic rings. The molecule has 1 atom stereocenters. The van der Waals surface area contributed by atoms with E-state index in [2.05, 4.69) is 0 Å². The number of nitro benzene ring substituents is 1. The minimum Gasteiger partial charge on any atom is -0.279 e. The van der Waals surface area contributed by atoms with Crippen LogP contribution in [0.4, 0.5) is 5.69 Å². The highest BCUT2D eigenvalue weighted by Gasteiger charge is 2.26. The van der Waals surface area contributed by atoms with Gasteiger partial charge in [-0.1, -0.05) is 13.3 Å². The summed E-state index contributed by atoms with van der Waals surface area (Å²) < 4.78 is 0. The Balaban J connectivity index is 3.56. The number of benzene rings is 1. The number of halogens is 3. The molecular formula is C12H10Cl3NO4. The molecule has 0 amide bonds. The summed E-state index contributed by atoms with van der Waals surface area (Å²) in [5, 5.41) is 7.98. The highest BCUT2D eigenvalue weighted by molar-refractivity contribution is 6.69. The third-order valence-corrected chi connectivity index (χ3v) is 3.62. The molecule has 0 saturated heterocycles. The van der Waals surface area contributed by atoms with Gasteiger partial charge in [0.1, 0.15) is 10.9 Å². The van der Waals surface area contributed by atoms with Gasteiger partial charge in [-0.25, -0.2) is 0 Å². The van der Waals surface area contributed by atoms with Gasteiger partial charge in [-0.15, -0.1) is 11.6 Å². The maximum atomic E-state index is 11.3. The van der Waals surface area contributed by atoms with Gasteiger partial charge >= 0.3 is 0 Å². The van der Waals surface area contributed by atoms with Gasteiger partial charge < -0.3 is 0 Å². The predicted molar refractivity (Wildman–Crippen MR) is 76.7 cm³/mol. The van der Waals surface area contributed by atoms with Crippen molar-refractivity contribution in [3.05, 3.63) is 38.9 Å². The van der Waals surface area contributed by atoms with E-state index in [-0.39, 0.29) is 11.1 Å². The molecule has 8 heteroatoms. The van der Waals surface area contributed by atoms with Crippen molar-refractivity contribution in [2.75, 3.05) is 0 Å². The maximum Gasteiger partial charge on any atom is 0.281 e. The van der Waals surface area contributed by atoms with Crippen molar-refractivity contribution in [1.82, 2.24) is 0 Å². The van der Waals surface area contributed by atoms with E-state index in [0.717, 1.165) is 6.07 Å². The van der Waals surface area contributed by atoms with Gasteiger partial charge in [0, 0.05) is 6.07 Å². The molecular weight excluding hydrogens is 328 g/mol. The Labute approximate surface area is 130 Å². The second kappa shape index (κ2) is 7.02. The average molecular weight is 339 g/mol. The Kier molecular flexibility index (Phi) is 5.92. The van der Waals surface area contributed by atoms with Gasteiger partial charge in [0.25, 0.3) is 10.9 Å². The normalized spacial score (nSPS) is 12.0. The molecule has 1 unspecified atom stereocenters. The molecule has 0 spiro atoms. The second-order valence-electron chi connectivity index (χ2n) is 4.02. The summed E-state index contributed by atoms with van der Waals surface area (Å²) in [7, 11) is 0. The van der Waals surface area contributed by atoms with E-state index in [1.807, 2.05) is 6.92 Å². The number of alkyl halides is 1. The Bertz CT molecular complexity index is 574. The van der Waals surface area contributed by atoms with E-state index in [1.54, 1.807) is 0 Å². The fourth-order valence-corrected chi connectivity index (χ4v) is 2.27. The van der Waals surface area contributed by atoms with E-state index in [9.17, 15) is 19.7 Å². The molecule has 0 N–H and O–H groups in total. The van der Waals surface area contributed by atoms with Crippen LogP contribution in [0.2, 0.25) is 0 Å². The lowest BCUT2D eigenvalue weighted by atomic mass is 9.97. The Morgan fingerprint density at radius 3 is 2.35 bits per heavy atom. The van der Waals surface area contributed by atoms with E-state index in [0.29, 0.717) is 18.4 Å². The first kappa shape index (κ1) is 16.9. The third kappa shape index (κ3) is 3.69. The van der Waals surface area contributed by atoms with Crippen molar-refractivity contribution in [2.45, 2.75) is 25.1 Å². The van der Waals surface area contributed by atoms with E-state index in [1.165, 1.54) is 6.07 Å². The smallest absolute Gasteiger partial charge is 0.279 e. The minimum atomic E-state index is -1.21. The van der Waals surface area contributed by atoms with Crippen LogP contribution in [0.25, 0.3) is 0 Å². The number of carbonyl (C=O) groups excluding carboxylic acids is 2. The summed E-state index contributed by atoms with van der Waals surface area (Å²) in [4.78, 5) is 32.7. The monoisotopic (exact) mass is 337 g/mol. The number of carbonyl (C=O) groups is 2. The predicted octanol–water partition coefficient (Wildman–Crippen LogP) is 3.97. The van der Waals surface area contributed by atoms with Gasteiger partial charge in [0.05, 0.1) is 4.92 Å². The molecule has 0 aromatic heterocycles. The minimum absolute atomic E-state index is 0.224. The number of nitro groups is 1. The molecule has 0 bridgehead atoms. The Morgan fingerprint density at radius 1 is 1.35 bits per heavy atom. The Morgan fingerprint density at radius 2 is 1.95 bits per heavy atom. The second-order valence-corrected chi connectivity index (χ2v) is 5.17. The van der Waals surface area contributed by atoms with Crippen molar-refractivity contribution in [3.63, 3.8) is 0 Å². The molecule has 0 saturated carbocycles. The average Bonchev–Trinajstić information content (AvgIpc) is 2.37. The lowest BCUT2D eigenvalue weighted by molar-refractivity contribution is -0.385. The van der Waals surface area contributed by atoms with Crippen LogP contribution >= 0.6 is 34.8 Å². The molecule has 0 aliphatic heterocycles. The SMILES string of the molecule is CCCc1cc(C(=O)Cl)c([N+](=O)[O-])cc1C(Cl)C(=O)Cl. The summed E-state index contributed by atoms with van der Waals surface area (Å²) in [6, 6.07) is 2.38. The van der Waals surface area contributed by atoms with Crippen molar-refractivity contribution < 1.29 is 14.5 Å². The summed E-state index contributed by atoms with van der Waals surface area (Å²) >= 11 is 16.6. The fourth-order valence-electron chi connectivity index (χ4n) is 1.80. The van der Waals surface area contributed by atoms with Crippen LogP contribution in [0.1, 0.15) is 40.2 Å². The highest BCUT2D eigenvalue weighted by atomic mass is 35.5. The zero-order valence-electron chi connectivity index (χ0n) is 10.4. The van der Waals surface area contributed by atoms with Crippen LogP contribution in [-0.2, 0) is 11.2 Å². The van der Waals surface area contributed by atoms with E-state index < -0.39 is 26.5 Å². The van der Waals surface area contributed by atoms with Crippen molar-refractivity contribution in [3.8, 4) is 0 Å². The number of rotatable bonds is 6. The van der Waals surface area contributed by atoms with Crippen LogP contribution < -0.4 is 0 Å². The topological polar surface area (TPSA) is 77.3 Å². The Hall–Kier alpha value is -1.17. The molecule has 20 heavy (non-hydrogen) atoms. The maximum absolute atomic E-state index is 11.3. The summed E-state index contributed by atoms with van der Waals surface area (Å²) in [5.41, 5.74) is 0.0381. The van der Waals surface area contributed by atoms with Gasteiger partial charge in [-0.2, -0.15) is 0 Å². The number of hydrogen-bond donors (Lipinski definition) is 0. The molecule has 1 aromatic carbocycles. The molecule has 5 nitrogen and oxygen atoms in total. The number of nitrogens with zero attached hydrogens (tertiary/aromatic N) is 1. The molecule has 0 heterocycles.